The number of fused-ring (bicyclic) bond motifs is 3. The Kier molecular flexibility index (Phi) is 5.45. The van der Waals surface area contributed by atoms with E-state index in [0.717, 1.165) is 45.6 Å². The Bertz CT molecular complexity index is 924. The van der Waals surface area contributed by atoms with Crippen LogP contribution in [0.3, 0.4) is 0 Å². The molecule has 1 aromatic rings. The quantitative estimate of drug-likeness (QED) is 0.723. The number of carbonyl (C=O) groups excluding carboxylic acids is 3. The Morgan fingerprint density at radius 3 is 2.56 bits per heavy atom. The molecule has 172 valence electrons. The SMILES string of the molecule is CCN1CCN(C(C)CNC(=O)C23CCC(=O)N2c2ccccc2C(=O)N3C2CC2)CC1. The number of rotatable bonds is 6. The van der Waals surface area contributed by atoms with Gasteiger partial charge in [0.15, 0.2) is 0 Å². The highest BCUT2D eigenvalue weighted by Crippen LogP contribution is 2.48. The Hall–Kier alpha value is -2.45. The Morgan fingerprint density at radius 1 is 1.16 bits per heavy atom. The van der Waals surface area contributed by atoms with Crippen molar-refractivity contribution >= 4 is 23.4 Å². The van der Waals surface area contributed by atoms with E-state index in [1.165, 1.54) is 0 Å². The number of hydrogen-bond acceptors (Lipinski definition) is 5. The number of benzene rings is 1. The van der Waals surface area contributed by atoms with Gasteiger partial charge < -0.3 is 15.1 Å². The molecule has 1 N–H and O–H groups in total. The lowest BCUT2D eigenvalue weighted by Crippen LogP contribution is -2.71. The van der Waals surface area contributed by atoms with E-state index in [1.807, 2.05) is 12.1 Å². The van der Waals surface area contributed by atoms with Crippen LogP contribution < -0.4 is 10.2 Å². The molecule has 8 heteroatoms. The number of carbonyl (C=O) groups is 3. The predicted molar refractivity (Wildman–Crippen MR) is 121 cm³/mol. The highest BCUT2D eigenvalue weighted by atomic mass is 16.2. The van der Waals surface area contributed by atoms with E-state index >= 15 is 0 Å². The molecular weight excluding hydrogens is 406 g/mol. The molecule has 3 heterocycles. The smallest absolute Gasteiger partial charge is 0.267 e. The number of likely N-dealkylation sites (N-methyl/N-ethyl adjacent to an activating group) is 1. The molecule has 1 aliphatic carbocycles. The van der Waals surface area contributed by atoms with Gasteiger partial charge in [-0.3, -0.25) is 24.2 Å². The first-order chi connectivity index (χ1) is 15.5. The molecule has 1 aromatic carbocycles. The fourth-order valence-corrected chi connectivity index (χ4v) is 5.58. The van der Waals surface area contributed by atoms with Crippen LogP contribution in [0.25, 0.3) is 0 Å². The summed E-state index contributed by atoms with van der Waals surface area (Å²) >= 11 is 0. The maximum atomic E-state index is 13.8. The van der Waals surface area contributed by atoms with Crippen molar-refractivity contribution in [2.75, 3.05) is 44.2 Å². The zero-order valence-corrected chi connectivity index (χ0v) is 19.0. The second kappa shape index (κ2) is 8.15. The van der Waals surface area contributed by atoms with Gasteiger partial charge in [0, 0.05) is 57.6 Å². The lowest BCUT2D eigenvalue weighted by Gasteiger charge is -2.49. The molecule has 5 rings (SSSR count). The lowest BCUT2D eigenvalue weighted by atomic mass is 9.95. The van der Waals surface area contributed by atoms with Crippen molar-refractivity contribution in [1.82, 2.24) is 20.0 Å². The maximum absolute atomic E-state index is 13.8. The summed E-state index contributed by atoms with van der Waals surface area (Å²) in [5.74, 6) is -0.445. The number of nitrogens with one attached hydrogen (secondary N) is 1. The van der Waals surface area contributed by atoms with Crippen molar-refractivity contribution in [2.45, 2.75) is 57.3 Å². The van der Waals surface area contributed by atoms with Crippen molar-refractivity contribution in [1.29, 1.82) is 0 Å². The maximum Gasteiger partial charge on any atom is 0.267 e. The van der Waals surface area contributed by atoms with Crippen LogP contribution in [-0.2, 0) is 9.59 Å². The molecular formula is C24H33N5O3. The molecule has 8 nitrogen and oxygen atoms in total. The number of anilines is 1. The van der Waals surface area contributed by atoms with Gasteiger partial charge in [0.1, 0.15) is 0 Å². The van der Waals surface area contributed by atoms with E-state index in [9.17, 15) is 14.4 Å². The van der Waals surface area contributed by atoms with Crippen molar-refractivity contribution in [3.8, 4) is 0 Å². The van der Waals surface area contributed by atoms with Crippen LogP contribution in [0.5, 0.6) is 0 Å². The van der Waals surface area contributed by atoms with Crippen LogP contribution >= 0.6 is 0 Å². The van der Waals surface area contributed by atoms with E-state index in [2.05, 4.69) is 29.0 Å². The van der Waals surface area contributed by atoms with Crippen LogP contribution in [0, 0.1) is 0 Å². The fraction of sp³-hybridized carbons (Fsp3) is 0.625. The van der Waals surface area contributed by atoms with E-state index in [0.29, 0.717) is 24.2 Å². The molecule has 0 bridgehead atoms. The Labute approximate surface area is 189 Å². The number of nitrogens with zero attached hydrogens (tertiary/aromatic N) is 4. The van der Waals surface area contributed by atoms with Crippen LogP contribution in [0.1, 0.15) is 49.9 Å². The first-order valence-electron chi connectivity index (χ1n) is 12.0. The number of piperazine rings is 1. The van der Waals surface area contributed by atoms with Crippen LogP contribution in [0.15, 0.2) is 24.3 Å². The predicted octanol–water partition coefficient (Wildman–Crippen LogP) is 1.27. The van der Waals surface area contributed by atoms with Crippen molar-refractivity contribution in [2.24, 2.45) is 0 Å². The normalized spacial score (nSPS) is 27.3. The van der Waals surface area contributed by atoms with Gasteiger partial charge in [-0.2, -0.15) is 0 Å². The van der Waals surface area contributed by atoms with Crippen LogP contribution in [0.2, 0.25) is 0 Å². The van der Waals surface area contributed by atoms with Gasteiger partial charge in [-0.05, 0) is 38.4 Å². The highest BCUT2D eigenvalue weighted by Gasteiger charge is 2.63. The van der Waals surface area contributed by atoms with E-state index in [-0.39, 0.29) is 36.2 Å². The number of para-hydroxylation sites is 1. The van der Waals surface area contributed by atoms with E-state index in [1.54, 1.807) is 21.9 Å². The largest absolute Gasteiger partial charge is 0.351 e. The topological polar surface area (TPSA) is 76.2 Å². The Balaban J connectivity index is 1.39. The summed E-state index contributed by atoms with van der Waals surface area (Å²) in [7, 11) is 0. The third-order valence-corrected chi connectivity index (χ3v) is 7.61. The zero-order chi connectivity index (χ0) is 22.5. The summed E-state index contributed by atoms with van der Waals surface area (Å²) < 4.78 is 0. The molecule has 3 aliphatic heterocycles. The van der Waals surface area contributed by atoms with Crippen molar-refractivity contribution < 1.29 is 14.4 Å². The average molecular weight is 440 g/mol. The average Bonchev–Trinajstić information content (AvgIpc) is 3.59. The summed E-state index contributed by atoms with van der Waals surface area (Å²) in [6.45, 7) is 9.95. The van der Waals surface area contributed by atoms with Crippen LogP contribution in [-0.4, -0.2) is 89.4 Å². The molecule has 1 saturated carbocycles. The van der Waals surface area contributed by atoms with E-state index in [4.69, 9.17) is 0 Å². The third-order valence-electron chi connectivity index (χ3n) is 7.61. The zero-order valence-electron chi connectivity index (χ0n) is 19.0. The summed E-state index contributed by atoms with van der Waals surface area (Å²) in [6, 6.07) is 7.41. The van der Waals surface area contributed by atoms with Gasteiger partial charge >= 0.3 is 0 Å². The minimum absolute atomic E-state index is 0.0227. The monoisotopic (exact) mass is 439 g/mol. The molecule has 3 amide bonds. The highest BCUT2D eigenvalue weighted by molar-refractivity contribution is 6.16. The summed E-state index contributed by atoms with van der Waals surface area (Å²) in [6.07, 6.45) is 2.37. The van der Waals surface area contributed by atoms with Gasteiger partial charge in [-0.15, -0.1) is 0 Å². The molecule has 4 aliphatic rings. The lowest BCUT2D eigenvalue weighted by molar-refractivity contribution is -0.134. The van der Waals surface area contributed by atoms with Gasteiger partial charge in [0.25, 0.3) is 11.8 Å². The first kappa shape index (κ1) is 21.4. The fourth-order valence-electron chi connectivity index (χ4n) is 5.58. The van der Waals surface area contributed by atoms with Gasteiger partial charge in [-0.1, -0.05) is 19.1 Å². The second-order valence-corrected chi connectivity index (χ2v) is 9.50. The molecule has 2 saturated heterocycles. The minimum atomic E-state index is -1.25. The van der Waals surface area contributed by atoms with Crippen LogP contribution in [0.4, 0.5) is 5.69 Å². The number of hydrogen-bond donors (Lipinski definition) is 1. The molecule has 32 heavy (non-hydrogen) atoms. The molecule has 0 radical (unpaired) electrons. The minimum Gasteiger partial charge on any atom is -0.351 e. The summed E-state index contributed by atoms with van der Waals surface area (Å²) in [5, 5.41) is 3.14. The molecule has 2 unspecified atom stereocenters. The Morgan fingerprint density at radius 2 is 1.88 bits per heavy atom. The standard InChI is InChI=1S/C24H33N5O3/c1-3-26-12-14-27(15-13-26)17(2)16-25-23(32)24-11-10-21(30)29(24)20-7-5-4-6-19(20)22(31)28(24)18-8-9-18/h4-7,17-18H,3,8-16H2,1-2H3,(H,25,32). The van der Waals surface area contributed by atoms with Gasteiger partial charge in [-0.25, -0.2) is 0 Å². The molecule has 0 aromatic heterocycles. The van der Waals surface area contributed by atoms with Gasteiger partial charge in [0.05, 0.1) is 11.3 Å². The number of amides is 3. The molecule has 0 spiro atoms. The second-order valence-electron chi connectivity index (χ2n) is 9.50. The van der Waals surface area contributed by atoms with E-state index < -0.39 is 5.66 Å². The first-order valence-corrected chi connectivity index (χ1v) is 12.0. The van der Waals surface area contributed by atoms with Crippen molar-refractivity contribution in [3.63, 3.8) is 0 Å². The third kappa shape index (κ3) is 3.31. The summed E-state index contributed by atoms with van der Waals surface area (Å²) in [5.41, 5.74) is -0.166. The summed E-state index contributed by atoms with van der Waals surface area (Å²) in [4.78, 5) is 48.5. The molecule has 3 fully saturated rings. The molecule has 2 atom stereocenters. The van der Waals surface area contributed by atoms with Crippen molar-refractivity contribution in [3.05, 3.63) is 29.8 Å². The van der Waals surface area contributed by atoms with Gasteiger partial charge in [0.2, 0.25) is 11.6 Å².